The van der Waals surface area contributed by atoms with Gasteiger partial charge >= 0.3 is 0 Å². The van der Waals surface area contributed by atoms with Gasteiger partial charge < -0.3 is 10.2 Å². The maximum Gasteiger partial charge on any atom is 0.255 e. The molecule has 5 heteroatoms. The van der Waals surface area contributed by atoms with Crippen molar-refractivity contribution in [3.8, 4) is 0 Å². The summed E-state index contributed by atoms with van der Waals surface area (Å²) < 4.78 is 0. The van der Waals surface area contributed by atoms with Gasteiger partial charge in [0.2, 0.25) is 5.91 Å². The molecule has 0 bridgehead atoms. The van der Waals surface area contributed by atoms with Gasteiger partial charge in [-0.15, -0.1) is 0 Å². The highest BCUT2D eigenvalue weighted by Crippen LogP contribution is 2.32. The molecule has 0 aliphatic carbocycles. The normalized spacial score (nSPS) is 15.1. The summed E-state index contributed by atoms with van der Waals surface area (Å²) in [7, 11) is 0. The third kappa shape index (κ3) is 3.31. The van der Waals surface area contributed by atoms with Crippen LogP contribution in [0.5, 0.6) is 0 Å². The van der Waals surface area contributed by atoms with Crippen LogP contribution in [0.2, 0.25) is 0 Å². The summed E-state index contributed by atoms with van der Waals surface area (Å²) in [5.74, 6) is -0.353. The van der Waals surface area contributed by atoms with Crippen LogP contribution in [0, 0.1) is 0 Å². The molecule has 0 spiro atoms. The Kier molecular flexibility index (Phi) is 4.37. The number of fused-ring (bicyclic) bond motifs is 1. The van der Waals surface area contributed by atoms with Gasteiger partial charge in [0.25, 0.3) is 5.91 Å². The molecule has 1 atom stereocenters. The van der Waals surface area contributed by atoms with Crippen LogP contribution in [-0.4, -0.2) is 21.6 Å². The SMILES string of the molecule is CC(C)(S)NC(=O)[C@@H](c1ccccc1)N1Cc2ccccc2C1=O. The van der Waals surface area contributed by atoms with Crippen molar-refractivity contribution in [2.75, 3.05) is 0 Å². The van der Waals surface area contributed by atoms with Crippen LogP contribution >= 0.6 is 12.6 Å². The summed E-state index contributed by atoms with van der Waals surface area (Å²) >= 11 is 4.38. The molecule has 2 aromatic carbocycles. The Bertz CT molecular complexity index is 768. The summed E-state index contributed by atoms with van der Waals surface area (Å²) in [6.07, 6.45) is 0. The Morgan fingerprint density at radius 3 is 2.38 bits per heavy atom. The Balaban J connectivity index is 1.98. The Labute approximate surface area is 147 Å². The lowest BCUT2D eigenvalue weighted by atomic mass is 10.0. The number of nitrogens with zero attached hydrogens (tertiary/aromatic N) is 1. The quantitative estimate of drug-likeness (QED) is 0.663. The zero-order valence-corrected chi connectivity index (χ0v) is 14.6. The van der Waals surface area contributed by atoms with Crippen LogP contribution in [-0.2, 0) is 11.3 Å². The predicted octanol–water partition coefficient (Wildman–Crippen LogP) is 3.17. The smallest absolute Gasteiger partial charge is 0.255 e. The van der Waals surface area contributed by atoms with Crippen molar-refractivity contribution < 1.29 is 9.59 Å². The van der Waals surface area contributed by atoms with Crippen LogP contribution < -0.4 is 5.32 Å². The molecule has 2 aromatic rings. The van der Waals surface area contributed by atoms with Gasteiger partial charge in [0.15, 0.2) is 0 Å². The fraction of sp³-hybridized carbons (Fsp3) is 0.263. The maximum absolute atomic E-state index is 12.9. The minimum absolute atomic E-state index is 0.119. The van der Waals surface area contributed by atoms with Crippen molar-refractivity contribution in [3.05, 3.63) is 71.3 Å². The number of thiol groups is 1. The first-order chi connectivity index (χ1) is 11.4. The zero-order valence-electron chi connectivity index (χ0n) is 13.7. The zero-order chi connectivity index (χ0) is 17.3. The van der Waals surface area contributed by atoms with Gasteiger partial charge in [-0.2, -0.15) is 12.6 Å². The third-order valence-electron chi connectivity index (χ3n) is 3.95. The molecule has 1 aliphatic rings. The molecule has 1 heterocycles. The number of hydrogen-bond acceptors (Lipinski definition) is 3. The summed E-state index contributed by atoms with van der Waals surface area (Å²) in [5, 5.41) is 2.87. The standard InChI is InChI=1S/C19H20N2O2S/c1-19(2,24)20-17(22)16(13-8-4-3-5-9-13)21-12-14-10-6-7-11-15(14)18(21)23/h3-11,16,24H,12H2,1-2H3,(H,20,22)/t16-/m1/s1. The van der Waals surface area contributed by atoms with E-state index in [1.807, 2.05) is 48.5 Å². The second-order valence-corrected chi connectivity index (χ2v) is 7.57. The van der Waals surface area contributed by atoms with E-state index in [1.165, 1.54) is 0 Å². The first kappa shape index (κ1) is 16.6. The monoisotopic (exact) mass is 340 g/mol. The molecule has 2 amide bonds. The van der Waals surface area contributed by atoms with E-state index in [0.29, 0.717) is 12.1 Å². The second kappa shape index (κ2) is 6.32. The van der Waals surface area contributed by atoms with Gasteiger partial charge in [-0.05, 0) is 31.0 Å². The number of benzene rings is 2. The highest BCUT2D eigenvalue weighted by Gasteiger charge is 2.38. The van der Waals surface area contributed by atoms with Crippen molar-refractivity contribution in [3.63, 3.8) is 0 Å². The van der Waals surface area contributed by atoms with Gasteiger partial charge in [-0.3, -0.25) is 9.59 Å². The van der Waals surface area contributed by atoms with Crippen LogP contribution in [0.1, 0.15) is 41.4 Å². The molecule has 0 aromatic heterocycles. The second-order valence-electron chi connectivity index (χ2n) is 6.45. The molecule has 0 saturated carbocycles. The van der Waals surface area contributed by atoms with Gasteiger partial charge in [0.1, 0.15) is 6.04 Å². The molecule has 0 fully saturated rings. The lowest BCUT2D eigenvalue weighted by Crippen LogP contribution is -2.46. The molecule has 4 nitrogen and oxygen atoms in total. The number of carbonyl (C=O) groups excluding carboxylic acids is 2. The maximum atomic E-state index is 12.9. The summed E-state index contributed by atoms with van der Waals surface area (Å²) in [5.41, 5.74) is 2.39. The fourth-order valence-corrected chi connectivity index (χ4v) is 3.07. The van der Waals surface area contributed by atoms with E-state index in [2.05, 4.69) is 17.9 Å². The average molecular weight is 340 g/mol. The lowest BCUT2D eigenvalue weighted by Gasteiger charge is -2.30. The average Bonchev–Trinajstić information content (AvgIpc) is 2.84. The minimum Gasteiger partial charge on any atom is -0.340 e. The number of amides is 2. The number of hydrogen-bond donors (Lipinski definition) is 2. The van der Waals surface area contributed by atoms with E-state index in [4.69, 9.17) is 0 Å². The molecule has 0 radical (unpaired) electrons. The number of rotatable bonds is 4. The van der Waals surface area contributed by atoms with Crippen molar-refractivity contribution in [2.45, 2.75) is 31.3 Å². The van der Waals surface area contributed by atoms with Crippen LogP contribution in [0.3, 0.4) is 0 Å². The predicted molar refractivity (Wildman–Crippen MR) is 96.7 cm³/mol. The summed E-state index contributed by atoms with van der Waals surface area (Å²) in [6, 6.07) is 16.2. The van der Waals surface area contributed by atoms with E-state index in [0.717, 1.165) is 11.1 Å². The molecular formula is C19H20N2O2S. The van der Waals surface area contributed by atoms with E-state index >= 15 is 0 Å². The van der Waals surface area contributed by atoms with E-state index in [-0.39, 0.29) is 11.8 Å². The Morgan fingerprint density at radius 2 is 1.75 bits per heavy atom. The third-order valence-corrected chi connectivity index (χ3v) is 4.07. The molecular weight excluding hydrogens is 320 g/mol. The Hall–Kier alpha value is -2.27. The van der Waals surface area contributed by atoms with Gasteiger partial charge in [0, 0.05) is 12.1 Å². The highest BCUT2D eigenvalue weighted by molar-refractivity contribution is 7.81. The van der Waals surface area contributed by atoms with Crippen molar-refractivity contribution in [1.82, 2.24) is 10.2 Å². The largest absolute Gasteiger partial charge is 0.340 e. The van der Waals surface area contributed by atoms with Gasteiger partial charge in [-0.1, -0.05) is 48.5 Å². The van der Waals surface area contributed by atoms with Crippen LogP contribution in [0.4, 0.5) is 0 Å². The summed E-state index contributed by atoms with van der Waals surface area (Å²) in [6.45, 7) is 4.03. The van der Waals surface area contributed by atoms with E-state index in [9.17, 15) is 9.59 Å². The molecule has 1 aliphatic heterocycles. The Morgan fingerprint density at radius 1 is 1.12 bits per heavy atom. The summed E-state index contributed by atoms with van der Waals surface area (Å²) in [4.78, 5) is 26.7. The minimum atomic E-state index is -0.683. The molecule has 0 saturated heterocycles. The van der Waals surface area contributed by atoms with Crippen molar-refractivity contribution in [1.29, 1.82) is 0 Å². The van der Waals surface area contributed by atoms with E-state index in [1.54, 1.807) is 24.8 Å². The van der Waals surface area contributed by atoms with E-state index < -0.39 is 10.9 Å². The topological polar surface area (TPSA) is 49.4 Å². The van der Waals surface area contributed by atoms with Crippen molar-refractivity contribution in [2.24, 2.45) is 0 Å². The van der Waals surface area contributed by atoms with Crippen LogP contribution in [0.15, 0.2) is 54.6 Å². The first-order valence-corrected chi connectivity index (χ1v) is 8.30. The van der Waals surface area contributed by atoms with Crippen LogP contribution in [0.25, 0.3) is 0 Å². The van der Waals surface area contributed by atoms with Gasteiger partial charge in [0.05, 0.1) is 4.87 Å². The molecule has 3 rings (SSSR count). The number of carbonyl (C=O) groups is 2. The van der Waals surface area contributed by atoms with Gasteiger partial charge in [-0.25, -0.2) is 0 Å². The molecule has 124 valence electrons. The lowest BCUT2D eigenvalue weighted by molar-refractivity contribution is -0.126. The number of nitrogens with one attached hydrogen (secondary N) is 1. The highest BCUT2D eigenvalue weighted by atomic mass is 32.1. The fourth-order valence-electron chi connectivity index (χ4n) is 2.96. The molecule has 0 unspecified atom stereocenters. The molecule has 24 heavy (non-hydrogen) atoms. The molecule has 1 N–H and O–H groups in total. The first-order valence-electron chi connectivity index (χ1n) is 7.85. The van der Waals surface area contributed by atoms with Crippen molar-refractivity contribution >= 4 is 24.4 Å².